The number of aliphatic hydroxyl groups is 1. The fraction of sp³-hybridized carbons (Fsp3) is 0.417. The molecule has 0 aliphatic carbocycles. The van der Waals surface area contributed by atoms with Gasteiger partial charge in [0.2, 0.25) is 5.79 Å². The summed E-state index contributed by atoms with van der Waals surface area (Å²) in [7, 11) is 0. The minimum Gasteiger partial charge on any atom is -0.465 e. The normalized spacial score (nSPS) is 26.2. The van der Waals surface area contributed by atoms with Gasteiger partial charge in [-0.3, -0.25) is 4.79 Å². The molecule has 0 bridgehead atoms. The summed E-state index contributed by atoms with van der Waals surface area (Å²) in [5, 5.41) is 10.2. The minimum atomic E-state index is -1.71. The summed E-state index contributed by atoms with van der Waals surface area (Å²) in [5.41, 5.74) is 6.10. The summed E-state index contributed by atoms with van der Waals surface area (Å²) in [6.07, 6.45) is 0. The van der Waals surface area contributed by atoms with Gasteiger partial charge in [-0.15, -0.1) is 0 Å². The van der Waals surface area contributed by atoms with Gasteiger partial charge in [0.15, 0.2) is 5.92 Å². The number of fused-ring (bicyclic) bond motifs is 1. The number of benzene rings is 1. The molecule has 2 unspecified atom stereocenters. The maximum absolute atomic E-state index is 11.9. The van der Waals surface area contributed by atoms with E-state index in [1.54, 1.807) is 31.2 Å². The zero-order valence-corrected chi connectivity index (χ0v) is 9.55. The van der Waals surface area contributed by atoms with Gasteiger partial charge in [-0.2, -0.15) is 0 Å². The highest BCUT2D eigenvalue weighted by atomic mass is 16.6. The minimum absolute atomic E-state index is 0.175. The van der Waals surface area contributed by atoms with Crippen LogP contribution in [-0.4, -0.2) is 30.0 Å². The Balaban J connectivity index is 2.41. The molecule has 1 aromatic rings. The molecule has 5 nitrogen and oxygen atoms in total. The van der Waals surface area contributed by atoms with E-state index in [0.29, 0.717) is 11.3 Å². The molecule has 0 saturated heterocycles. The molecule has 0 saturated carbocycles. The molecule has 92 valence electrons. The first kappa shape index (κ1) is 11.9. The van der Waals surface area contributed by atoms with Crippen LogP contribution in [0.1, 0.15) is 18.4 Å². The fourth-order valence-electron chi connectivity index (χ4n) is 2.00. The highest BCUT2D eigenvalue weighted by molar-refractivity contribution is 5.82. The molecule has 0 fully saturated rings. The number of carbonyl (C=O) groups is 1. The third kappa shape index (κ3) is 1.87. The molecule has 0 aromatic heterocycles. The maximum atomic E-state index is 11.9. The molecule has 1 aliphatic heterocycles. The van der Waals surface area contributed by atoms with Gasteiger partial charge in [-0.25, -0.2) is 0 Å². The first-order valence-electron chi connectivity index (χ1n) is 5.49. The number of hydrogen-bond acceptors (Lipinski definition) is 5. The van der Waals surface area contributed by atoms with Gasteiger partial charge in [-0.1, -0.05) is 18.2 Å². The maximum Gasteiger partial charge on any atom is 0.320 e. The molecule has 17 heavy (non-hydrogen) atoms. The van der Waals surface area contributed by atoms with Crippen molar-refractivity contribution in [2.75, 3.05) is 13.2 Å². The zero-order chi connectivity index (χ0) is 12.5. The van der Waals surface area contributed by atoms with E-state index in [-0.39, 0.29) is 13.2 Å². The Morgan fingerprint density at radius 1 is 1.59 bits per heavy atom. The van der Waals surface area contributed by atoms with Gasteiger partial charge in [-0.05, 0) is 13.0 Å². The van der Waals surface area contributed by atoms with E-state index < -0.39 is 17.7 Å². The molecule has 5 heteroatoms. The van der Waals surface area contributed by atoms with E-state index >= 15 is 0 Å². The first-order valence-corrected chi connectivity index (χ1v) is 5.49. The molecule has 2 atom stereocenters. The summed E-state index contributed by atoms with van der Waals surface area (Å²) in [5.74, 6) is -2.65. The molecule has 1 heterocycles. The molecule has 0 radical (unpaired) electrons. The smallest absolute Gasteiger partial charge is 0.320 e. The van der Waals surface area contributed by atoms with Crippen LogP contribution in [0.5, 0.6) is 5.75 Å². The van der Waals surface area contributed by atoms with Crippen LogP contribution in [0.4, 0.5) is 0 Å². The van der Waals surface area contributed by atoms with Crippen molar-refractivity contribution in [2.24, 2.45) is 5.73 Å². The van der Waals surface area contributed by atoms with Crippen molar-refractivity contribution in [3.8, 4) is 5.75 Å². The lowest BCUT2D eigenvalue weighted by Gasteiger charge is -2.25. The van der Waals surface area contributed by atoms with E-state index in [9.17, 15) is 9.90 Å². The van der Waals surface area contributed by atoms with Crippen molar-refractivity contribution in [3.63, 3.8) is 0 Å². The summed E-state index contributed by atoms with van der Waals surface area (Å²) >= 11 is 0. The third-order valence-electron chi connectivity index (χ3n) is 2.78. The van der Waals surface area contributed by atoms with Gasteiger partial charge in [0.1, 0.15) is 5.75 Å². The average molecular weight is 237 g/mol. The monoisotopic (exact) mass is 237 g/mol. The molecule has 0 spiro atoms. The SMILES string of the molecule is CCOC(=O)C1c2ccccc2OC1(O)CN. The van der Waals surface area contributed by atoms with Crippen molar-refractivity contribution in [1.29, 1.82) is 0 Å². The van der Waals surface area contributed by atoms with Gasteiger partial charge < -0.3 is 20.3 Å². The van der Waals surface area contributed by atoms with Gasteiger partial charge in [0, 0.05) is 5.56 Å². The Kier molecular flexibility index (Phi) is 3.04. The van der Waals surface area contributed by atoms with Crippen LogP contribution in [0.25, 0.3) is 0 Å². The number of nitrogens with two attached hydrogens (primary N) is 1. The lowest BCUT2D eigenvalue weighted by Crippen LogP contribution is -2.48. The Morgan fingerprint density at radius 3 is 2.94 bits per heavy atom. The van der Waals surface area contributed by atoms with Crippen LogP contribution in [0.15, 0.2) is 24.3 Å². The zero-order valence-electron chi connectivity index (χ0n) is 9.55. The van der Waals surface area contributed by atoms with Crippen LogP contribution in [0, 0.1) is 0 Å². The van der Waals surface area contributed by atoms with Crippen molar-refractivity contribution < 1.29 is 19.4 Å². The second-order valence-electron chi connectivity index (χ2n) is 3.87. The first-order chi connectivity index (χ1) is 8.12. The van der Waals surface area contributed by atoms with E-state index in [2.05, 4.69) is 0 Å². The summed E-state index contributed by atoms with van der Waals surface area (Å²) < 4.78 is 10.3. The predicted octanol–water partition coefficient (Wildman–Crippen LogP) is 0.373. The Labute approximate surface area is 99.1 Å². The molecule has 2 rings (SSSR count). The molecule has 0 amide bonds. The van der Waals surface area contributed by atoms with E-state index in [4.69, 9.17) is 15.2 Å². The quantitative estimate of drug-likeness (QED) is 0.742. The number of ether oxygens (including phenoxy) is 2. The van der Waals surface area contributed by atoms with Crippen LogP contribution >= 0.6 is 0 Å². The Bertz CT molecular complexity index is 434. The molecular formula is C12H15NO4. The second-order valence-corrected chi connectivity index (χ2v) is 3.87. The number of carbonyl (C=O) groups excluding carboxylic acids is 1. The van der Waals surface area contributed by atoms with Crippen molar-refractivity contribution in [3.05, 3.63) is 29.8 Å². The summed E-state index contributed by atoms with van der Waals surface area (Å²) in [6.45, 7) is 1.78. The third-order valence-corrected chi connectivity index (χ3v) is 2.78. The number of esters is 1. The summed E-state index contributed by atoms with van der Waals surface area (Å²) in [6, 6.07) is 6.96. The van der Waals surface area contributed by atoms with Crippen molar-refractivity contribution in [2.45, 2.75) is 18.6 Å². The molecule has 1 aliphatic rings. The highest BCUT2D eigenvalue weighted by Gasteiger charge is 2.51. The molecule has 3 N–H and O–H groups in total. The lowest BCUT2D eigenvalue weighted by atomic mass is 9.93. The topological polar surface area (TPSA) is 81.8 Å². The summed E-state index contributed by atoms with van der Waals surface area (Å²) in [4.78, 5) is 11.9. The standard InChI is InChI=1S/C12H15NO4/c1-2-16-11(14)10-8-5-3-4-6-9(8)17-12(10,15)7-13/h3-6,10,15H,2,7,13H2,1H3. The Morgan fingerprint density at radius 2 is 2.29 bits per heavy atom. The Hall–Kier alpha value is -1.59. The van der Waals surface area contributed by atoms with Gasteiger partial charge in [0.05, 0.1) is 13.2 Å². The molecule has 1 aromatic carbocycles. The van der Waals surface area contributed by atoms with Crippen molar-refractivity contribution >= 4 is 5.97 Å². The highest BCUT2D eigenvalue weighted by Crippen LogP contribution is 2.43. The fourth-order valence-corrected chi connectivity index (χ4v) is 2.00. The number of rotatable bonds is 3. The average Bonchev–Trinajstić information content (AvgIpc) is 2.62. The van der Waals surface area contributed by atoms with Gasteiger partial charge in [0.25, 0.3) is 0 Å². The number of hydrogen-bond donors (Lipinski definition) is 2. The molecular weight excluding hydrogens is 222 g/mol. The van der Waals surface area contributed by atoms with E-state index in [1.807, 2.05) is 0 Å². The van der Waals surface area contributed by atoms with E-state index in [0.717, 1.165) is 0 Å². The van der Waals surface area contributed by atoms with Crippen LogP contribution < -0.4 is 10.5 Å². The van der Waals surface area contributed by atoms with E-state index in [1.165, 1.54) is 0 Å². The van der Waals surface area contributed by atoms with Crippen LogP contribution in [0.3, 0.4) is 0 Å². The second kappa shape index (κ2) is 4.35. The number of para-hydroxylation sites is 1. The van der Waals surface area contributed by atoms with Crippen LogP contribution in [0.2, 0.25) is 0 Å². The largest absolute Gasteiger partial charge is 0.465 e. The van der Waals surface area contributed by atoms with Crippen LogP contribution in [-0.2, 0) is 9.53 Å². The predicted molar refractivity (Wildman–Crippen MR) is 60.4 cm³/mol. The van der Waals surface area contributed by atoms with Gasteiger partial charge >= 0.3 is 5.97 Å². The van der Waals surface area contributed by atoms with Crippen molar-refractivity contribution in [1.82, 2.24) is 0 Å². The lowest BCUT2D eigenvalue weighted by molar-refractivity contribution is -0.170.